The highest BCUT2D eigenvalue weighted by Gasteiger charge is 2.32. The highest BCUT2D eigenvalue weighted by atomic mass is 19.1. The average molecular weight is 450 g/mol. The number of aromatic nitrogens is 1. The first-order chi connectivity index (χ1) is 15.8. The first-order valence-corrected chi connectivity index (χ1v) is 11.1. The molecular formula is C27H28FNO4. The Morgan fingerprint density at radius 1 is 1.15 bits per heavy atom. The number of methoxy groups -OCH3 is 1. The minimum atomic E-state index is -0.401. The van der Waals surface area contributed by atoms with Gasteiger partial charge in [0.2, 0.25) is 5.78 Å². The van der Waals surface area contributed by atoms with Crippen molar-refractivity contribution in [3.8, 4) is 11.5 Å². The third-order valence-electron chi connectivity index (χ3n) is 6.43. The lowest BCUT2D eigenvalue weighted by Crippen LogP contribution is -2.14. The summed E-state index contributed by atoms with van der Waals surface area (Å²) in [5.41, 5.74) is 4.32. The number of aryl methyl sites for hydroxylation is 2. The molecule has 1 aliphatic rings. The van der Waals surface area contributed by atoms with E-state index in [2.05, 4.69) is 4.57 Å². The highest BCUT2D eigenvalue weighted by Crippen LogP contribution is 2.39. The summed E-state index contributed by atoms with van der Waals surface area (Å²) in [4.78, 5) is 25.3. The number of hydrogen-bond donors (Lipinski definition) is 0. The maximum Gasteiger partial charge on any atom is 0.202 e. The molecule has 0 fully saturated rings. The minimum absolute atomic E-state index is 0.142. The molecule has 3 aromatic rings. The number of Topliss-reactive ketones (excluding diaryl/α,β-unsaturated/α-hetero) is 2. The molecule has 33 heavy (non-hydrogen) atoms. The van der Waals surface area contributed by atoms with Crippen LogP contribution in [0.2, 0.25) is 0 Å². The number of ketones is 2. The van der Waals surface area contributed by atoms with E-state index in [0.29, 0.717) is 11.1 Å². The van der Waals surface area contributed by atoms with E-state index in [1.54, 1.807) is 7.11 Å². The number of halogens is 1. The summed E-state index contributed by atoms with van der Waals surface area (Å²) < 4.78 is 27.3. The summed E-state index contributed by atoms with van der Waals surface area (Å²) in [6, 6.07) is 12.6. The molecule has 1 unspecified atom stereocenters. The Morgan fingerprint density at radius 3 is 2.58 bits per heavy atom. The first kappa shape index (κ1) is 22.8. The summed E-state index contributed by atoms with van der Waals surface area (Å²) in [6.07, 6.45) is 1.09. The molecule has 0 aliphatic heterocycles. The van der Waals surface area contributed by atoms with E-state index in [9.17, 15) is 14.0 Å². The molecule has 1 atom stereocenters. The van der Waals surface area contributed by atoms with Crippen LogP contribution in [0, 0.1) is 19.7 Å². The van der Waals surface area contributed by atoms with E-state index >= 15 is 0 Å². The van der Waals surface area contributed by atoms with E-state index in [-0.39, 0.29) is 41.8 Å². The van der Waals surface area contributed by atoms with Crippen LogP contribution in [0.25, 0.3) is 0 Å². The lowest BCUT2D eigenvalue weighted by Gasteiger charge is -2.12. The van der Waals surface area contributed by atoms with Crippen molar-refractivity contribution < 1.29 is 23.5 Å². The van der Waals surface area contributed by atoms with Crippen LogP contribution in [0.15, 0.2) is 42.5 Å². The molecule has 2 aromatic carbocycles. The standard InChI is InChI=1S/C27H28FNO4/c1-16-13-23(30)27-25(10-9-22(28)26(16)27)33-15-24(31)21-14-17(2)29(18(21)3)12-11-19-5-7-20(32-4)8-6-19/h5-10,14,16H,11-13,15H2,1-4H3. The molecule has 6 heteroatoms. The summed E-state index contributed by atoms with van der Waals surface area (Å²) in [5.74, 6) is 0.204. The quantitative estimate of drug-likeness (QED) is 0.429. The van der Waals surface area contributed by atoms with Gasteiger partial charge in [-0.1, -0.05) is 19.1 Å². The Morgan fingerprint density at radius 2 is 1.88 bits per heavy atom. The van der Waals surface area contributed by atoms with Gasteiger partial charge in [0.15, 0.2) is 12.4 Å². The number of carbonyl (C=O) groups excluding carboxylic acids is 2. The molecule has 0 radical (unpaired) electrons. The molecule has 0 amide bonds. The van der Waals surface area contributed by atoms with Crippen LogP contribution in [-0.4, -0.2) is 29.9 Å². The van der Waals surface area contributed by atoms with Gasteiger partial charge in [0.25, 0.3) is 0 Å². The zero-order chi connectivity index (χ0) is 23.7. The third kappa shape index (κ3) is 4.42. The van der Waals surface area contributed by atoms with Gasteiger partial charge in [-0.3, -0.25) is 9.59 Å². The van der Waals surface area contributed by atoms with Crippen molar-refractivity contribution in [1.82, 2.24) is 4.57 Å². The lowest BCUT2D eigenvalue weighted by atomic mass is 10.0. The zero-order valence-corrected chi connectivity index (χ0v) is 19.4. The second-order valence-electron chi connectivity index (χ2n) is 8.61. The summed E-state index contributed by atoms with van der Waals surface area (Å²) >= 11 is 0. The zero-order valence-electron chi connectivity index (χ0n) is 19.4. The predicted octanol–water partition coefficient (Wildman–Crippen LogP) is 5.45. The number of benzene rings is 2. The van der Waals surface area contributed by atoms with Crippen LogP contribution >= 0.6 is 0 Å². The fourth-order valence-corrected chi connectivity index (χ4v) is 4.63. The maximum atomic E-state index is 14.2. The van der Waals surface area contributed by atoms with Crippen LogP contribution in [0.1, 0.15) is 62.5 Å². The molecule has 0 bridgehead atoms. The van der Waals surface area contributed by atoms with Gasteiger partial charge in [0, 0.05) is 35.5 Å². The maximum absolute atomic E-state index is 14.2. The highest BCUT2D eigenvalue weighted by molar-refractivity contribution is 6.04. The summed E-state index contributed by atoms with van der Waals surface area (Å²) in [6.45, 7) is 6.27. The van der Waals surface area contributed by atoms with Crippen LogP contribution < -0.4 is 9.47 Å². The molecule has 1 aliphatic carbocycles. The van der Waals surface area contributed by atoms with E-state index in [0.717, 1.165) is 30.1 Å². The molecule has 5 nitrogen and oxygen atoms in total. The SMILES string of the molecule is COc1ccc(CCn2c(C)cc(C(=O)COc3ccc(F)c4c3C(=O)CC4C)c2C)cc1. The average Bonchev–Trinajstić information content (AvgIpc) is 3.27. The van der Waals surface area contributed by atoms with Crippen molar-refractivity contribution in [1.29, 1.82) is 0 Å². The third-order valence-corrected chi connectivity index (χ3v) is 6.43. The van der Waals surface area contributed by atoms with Gasteiger partial charge in [-0.25, -0.2) is 4.39 Å². The fraction of sp³-hybridized carbons (Fsp3) is 0.333. The Balaban J connectivity index is 1.46. The molecule has 4 rings (SSSR count). The number of ether oxygens (including phenoxy) is 2. The normalized spacial score (nSPS) is 14.9. The Bertz CT molecular complexity index is 1210. The van der Waals surface area contributed by atoms with Crippen molar-refractivity contribution in [2.75, 3.05) is 13.7 Å². The predicted molar refractivity (Wildman–Crippen MR) is 124 cm³/mol. The largest absolute Gasteiger partial charge is 0.497 e. The number of rotatable bonds is 8. The fourth-order valence-electron chi connectivity index (χ4n) is 4.63. The Labute approximate surface area is 193 Å². The lowest BCUT2D eigenvalue weighted by molar-refractivity contribution is 0.0911. The minimum Gasteiger partial charge on any atom is -0.497 e. The van der Waals surface area contributed by atoms with Crippen molar-refractivity contribution in [3.05, 3.63) is 81.9 Å². The van der Waals surface area contributed by atoms with E-state index in [1.165, 1.54) is 17.7 Å². The van der Waals surface area contributed by atoms with E-state index < -0.39 is 5.82 Å². The molecular weight excluding hydrogens is 421 g/mol. The van der Waals surface area contributed by atoms with Crippen molar-refractivity contribution >= 4 is 11.6 Å². The van der Waals surface area contributed by atoms with Gasteiger partial charge in [-0.05, 0) is 62.1 Å². The topological polar surface area (TPSA) is 57.5 Å². The van der Waals surface area contributed by atoms with E-state index in [4.69, 9.17) is 9.47 Å². The second kappa shape index (κ2) is 9.22. The van der Waals surface area contributed by atoms with Crippen LogP contribution in [0.4, 0.5) is 4.39 Å². The van der Waals surface area contributed by atoms with Gasteiger partial charge in [-0.2, -0.15) is 0 Å². The first-order valence-electron chi connectivity index (χ1n) is 11.1. The number of carbonyl (C=O) groups is 2. The monoisotopic (exact) mass is 449 g/mol. The summed E-state index contributed by atoms with van der Waals surface area (Å²) in [7, 11) is 1.64. The molecule has 0 saturated heterocycles. The second-order valence-corrected chi connectivity index (χ2v) is 8.61. The molecule has 172 valence electrons. The molecule has 1 heterocycles. The molecule has 0 N–H and O–H groups in total. The van der Waals surface area contributed by atoms with E-state index in [1.807, 2.05) is 51.1 Å². The number of fused-ring (bicyclic) bond motifs is 1. The van der Waals surface area contributed by atoms with Gasteiger partial charge in [0.05, 0.1) is 12.7 Å². The van der Waals surface area contributed by atoms with Crippen molar-refractivity contribution in [2.24, 2.45) is 0 Å². The molecule has 0 saturated carbocycles. The van der Waals surface area contributed by atoms with Crippen LogP contribution in [-0.2, 0) is 13.0 Å². The Kier molecular flexibility index (Phi) is 6.36. The van der Waals surface area contributed by atoms with Gasteiger partial charge in [0.1, 0.15) is 17.3 Å². The van der Waals surface area contributed by atoms with Gasteiger partial charge in [-0.15, -0.1) is 0 Å². The van der Waals surface area contributed by atoms with Crippen LogP contribution in [0.5, 0.6) is 11.5 Å². The number of nitrogens with zero attached hydrogens (tertiary/aromatic N) is 1. The van der Waals surface area contributed by atoms with Crippen molar-refractivity contribution in [3.63, 3.8) is 0 Å². The Hall–Kier alpha value is -3.41. The van der Waals surface area contributed by atoms with Crippen molar-refractivity contribution in [2.45, 2.75) is 46.1 Å². The van der Waals surface area contributed by atoms with Gasteiger partial charge >= 0.3 is 0 Å². The molecule has 1 aromatic heterocycles. The van der Waals surface area contributed by atoms with Crippen LogP contribution in [0.3, 0.4) is 0 Å². The smallest absolute Gasteiger partial charge is 0.202 e. The molecule has 0 spiro atoms. The van der Waals surface area contributed by atoms with Gasteiger partial charge < -0.3 is 14.0 Å². The number of hydrogen-bond acceptors (Lipinski definition) is 4. The summed E-state index contributed by atoms with van der Waals surface area (Å²) in [5, 5.41) is 0.